The van der Waals surface area contributed by atoms with Gasteiger partial charge < -0.3 is 20.9 Å². The first-order valence-electron chi connectivity index (χ1n) is 8.77. The summed E-state index contributed by atoms with van der Waals surface area (Å²) in [6.45, 7) is 10.5. The van der Waals surface area contributed by atoms with Crippen LogP contribution in [-0.4, -0.2) is 62.1 Å². The van der Waals surface area contributed by atoms with Gasteiger partial charge in [-0.1, -0.05) is 36.2 Å². The average molecular weight is 386 g/mol. The molecule has 1 fully saturated rings. The van der Waals surface area contributed by atoms with Crippen molar-refractivity contribution < 1.29 is 0 Å². The predicted molar refractivity (Wildman–Crippen MR) is 108 cm³/mol. The second kappa shape index (κ2) is 9.62. The summed E-state index contributed by atoms with van der Waals surface area (Å²) in [6.07, 6.45) is 0. The fourth-order valence-corrected chi connectivity index (χ4v) is 3.55. The Bertz CT molecular complexity index is 585. The summed E-state index contributed by atoms with van der Waals surface area (Å²) in [5.74, 6) is 0.918. The minimum absolute atomic E-state index is 0.0264. The van der Waals surface area contributed by atoms with E-state index < -0.39 is 0 Å². The summed E-state index contributed by atoms with van der Waals surface area (Å²) in [7, 11) is 2.17. The van der Waals surface area contributed by atoms with Gasteiger partial charge in [0.05, 0.1) is 6.04 Å². The van der Waals surface area contributed by atoms with Crippen molar-refractivity contribution in [1.29, 1.82) is 0 Å². The Morgan fingerprint density at radius 1 is 1.24 bits per heavy atom. The van der Waals surface area contributed by atoms with Crippen LogP contribution in [0.2, 0.25) is 10.0 Å². The largest absolute Gasteiger partial charge is 0.370 e. The normalized spacial score (nSPS) is 19.6. The van der Waals surface area contributed by atoms with E-state index in [0.717, 1.165) is 38.3 Å². The minimum Gasteiger partial charge on any atom is -0.370 e. The van der Waals surface area contributed by atoms with Crippen LogP contribution < -0.4 is 11.1 Å². The molecule has 7 heteroatoms. The number of piperazine rings is 1. The second-order valence-corrected chi connectivity index (χ2v) is 7.81. The van der Waals surface area contributed by atoms with Gasteiger partial charge in [-0.05, 0) is 37.6 Å². The zero-order valence-corrected chi connectivity index (χ0v) is 16.8. The van der Waals surface area contributed by atoms with Gasteiger partial charge in [0.1, 0.15) is 0 Å². The van der Waals surface area contributed by atoms with Crippen LogP contribution in [0.1, 0.15) is 25.5 Å². The number of hydrogen-bond acceptors (Lipinski definition) is 3. The lowest BCUT2D eigenvalue weighted by atomic mass is 10.1. The van der Waals surface area contributed by atoms with E-state index in [0.29, 0.717) is 28.5 Å². The van der Waals surface area contributed by atoms with Crippen LogP contribution in [-0.2, 0) is 0 Å². The van der Waals surface area contributed by atoms with Crippen molar-refractivity contribution in [1.82, 2.24) is 15.1 Å². The molecule has 25 heavy (non-hydrogen) atoms. The molecule has 2 rings (SSSR count). The highest BCUT2D eigenvalue weighted by atomic mass is 35.5. The zero-order chi connectivity index (χ0) is 18.4. The Labute approximate surface area is 161 Å². The number of hydrogen-bond donors (Lipinski definition) is 2. The monoisotopic (exact) mass is 385 g/mol. The van der Waals surface area contributed by atoms with Crippen molar-refractivity contribution in [3.05, 3.63) is 33.8 Å². The SMILES string of the molecule is CC(CN=C(N)NC(C)c1ccc(Cl)cc1Cl)CN1CCN(C)CC1. The molecular formula is C18H29Cl2N5. The third kappa shape index (κ3) is 6.66. The summed E-state index contributed by atoms with van der Waals surface area (Å²) >= 11 is 12.2. The standard InChI is InChI=1S/C18H29Cl2N5/c1-13(12-25-8-6-24(3)7-9-25)11-22-18(21)23-14(2)16-5-4-15(19)10-17(16)20/h4-5,10,13-14H,6-9,11-12H2,1-3H3,(H3,21,22,23). The highest BCUT2D eigenvalue weighted by Gasteiger charge is 2.16. The van der Waals surface area contributed by atoms with Crippen molar-refractivity contribution in [2.45, 2.75) is 19.9 Å². The summed E-state index contributed by atoms with van der Waals surface area (Å²) in [5.41, 5.74) is 6.99. The molecule has 0 aliphatic carbocycles. The molecular weight excluding hydrogens is 357 g/mol. The quantitative estimate of drug-likeness (QED) is 0.583. The Morgan fingerprint density at radius 3 is 2.56 bits per heavy atom. The molecule has 1 aliphatic rings. The number of guanidine groups is 1. The summed E-state index contributed by atoms with van der Waals surface area (Å²) in [5, 5.41) is 4.45. The van der Waals surface area contributed by atoms with E-state index in [2.05, 4.69) is 34.1 Å². The van der Waals surface area contributed by atoms with Gasteiger partial charge in [0, 0.05) is 49.3 Å². The first kappa shape index (κ1) is 20.3. The smallest absolute Gasteiger partial charge is 0.189 e. The Morgan fingerprint density at radius 2 is 1.92 bits per heavy atom. The van der Waals surface area contributed by atoms with E-state index in [1.54, 1.807) is 6.07 Å². The molecule has 1 aromatic carbocycles. The van der Waals surface area contributed by atoms with Gasteiger partial charge >= 0.3 is 0 Å². The molecule has 1 aliphatic heterocycles. The van der Waals surface area contributed by atoms with Crippen molar-refractivity contribution in [2.24, 2.45) is 16.6 Å². The Balaban J connectivity index is 1.80. The van der Waals surface area contributed by atoms with Gasteiger partial charge in [0.2, 0.25) is 0 Å². The highest BCUT2D eigenvalue weighted by Crippen LogP contribution is 2.25. The third-order valence-corrected chi connectivity index (χ3v) is 5.09. The number of rotatable bonds is 6. The van der Waals surface area contributed by atoms with Crippen LogP contribution in [0.25, 0.3) is 0 Å². The summed E-state index contributed by atoms with van der Waals surface area (Å²) in [6, 6.07) is 5.45. The maximum absolute atomic E-state index is 6.24. The molecule has 3 N–H and O–H groups in total. The number of halogens is 2. The summed E-state index contributed by atoms with van der Waals surface area (Å²) in [4.78, 5) is 9.36. The summed E-state index contributed by atoms with van der Waals surface area (Å²) < 4.78 is 0. The highest BCUT2D eigenvalue weighted by molar-refractivity contribution is 6.35. The lowest BCUT2D eigenvalue weighted by Gasteiger charge is -2.33. The molecule has 0 bridgehead atoms. The number of benzene rings is 1. The van der Waals surface area contributed by atoms with Crippen molar-refractivity contribution in [3.8, 4) is 0 Å². The van der Waals surface area contributed by atoms with Crippen LogP contribution in [0.3, 0.4) is 0 Å². The molecule has 2 atom stereocenters. The predicted octanol–water partition coefficient (Wildman–Crippen LogP) is 2.84. The van der Waals surface area contributed by atoms with E-state index in [4.69, 9.17) is 28.9 Å². The topological polar surface area (TPSA) is 56.9 Å². The number of likely N-dealkylation sites (N-methyl/N-ethyl adjacent to an activating group) is 1. The molecule has 140 valence electrons. The molecule has 2 unspecified atom stereocenters. The van der Waals surface area contributed by atoms with Crippen LogP contribution in [0.4, 0.5) is 0 Å². The van der Waals surface area contributed by atoms with Crippen LogP contribution >= 0.6 is 23.2 Å². The third-order valence-electron chi connectivity index (χ3n) is 4.53. The van der Waals surface area contributed by atoms with Gasteiger partial charge in [-0.2, -0.15) is 0 Å². The van der Waals surface area contributed by atoms with Crippen LogP contribution in [0, 0.1) is 5.92 Å². The van der Waals surface area contributed by atoms with Gasteiger partial charge in [-0.25, -0.2) is 0 Å². The molecule has 1 aromatic rings. The van der Waals surface area contributed by atoms with Gasteiger partial charge in [-0.3, -0.25) is 4.99 Å². The number of aliphatic imine (C=N–C) groups is 1. The lowest BCUT2D eigenvalue weighted by Crippen LogP contribution is -2.46. The van der Waals surface area contributed by atoms with E-state index in [1.807, 2.05) is 19.1 Å². The minimum atomic E-state index is -0.0264. The van der Waals surface area contributed by atoms with E-state index in [-0.39, 0.29) is 6.04 Å². The molecule has 1 saturated heterocycles. The second-order valence-electron chi connectivity index (χ2n) is 6.97. The molecule has 0 amide bonds. The van der Waals surface area contributed by atoms with Crippen molar-refractivity contribution >= 4 is 29.2 Å². The molecule has 1 heterocycles. The molecule has 0 spiro atoms. The van der Waals surface area contributed by atoms with E-state index in [9.17, 15) is 0 Å². The van der Waals surface area contributed by atoms with E-state index in [1.165, 1.54) is 0 Å². The maximum Gasteiger partial charge on any atom is 0.189 e. The Hall–Kier alpha value is -1.01. The van der Waals surface area contributed by atoms with Gasteiger partial charge in [0.25, 0.3) is 0 Å². The fourth-order valence-electron chi connectivity index (χ4n) is 2.98. The van der Waals surface area contributed by atoms with Crippen molar-refractivity contribution in [3.63, 3.8) is 0 Å². The number of nitrogens with zero attached hydrogens (tertiary/aromatic N) is 3. The van der Waals surface area contributed by atoms with Gasteiger partial charge in [0.15, 0.2) is 5.96 Å². The zero-order valence-electron chi connectivity index (χ0n) is 15.3. The number of nitrogens with two attached hydrogens (primary N) is 1. The van der Waals surface area contributed by atoms with Crippen molar-refractivity contribution in [2.75, 3.05) is 46.3 Å². The van der Waals surface area contributed by atoms with Crippen LogP contribution in [0.5, 0.6) is 0 Å². The molecule has 5 nitrogen and oxygen atoms in total. The van der Waals surface area contributed by atoms with Gasteiger partial charge in [-0.15, -0.1) is 0 Å². The maximum atomic E-state index is 6.24. The Kier molecular flexibility index (Phi) is 7.81. The first-order valence-corrected chi connectivity index (χ1v) is 9.53. The fraction of sp³-hybridized carbons (Fsp3) is 0.611. The molecule has 0 aromatic heterocycles. The molecule has 0 radical (unpaired) electrons. The van der Waals surface area contributed by atoms with E-state index >= 15 is 0 Å². The first-order chi connectivity index (χ1) is 11.8. The molecule has 0 saturated carbocycles. The van der Waals surface area contributed by atoms with Crippen LogP contribution in [0.15, 0.2) is 23.2 Å². The number of nitrogens with one attached hydrogen (secondary N) is 1. The lowest BCUT2D eigenvalue weighted by molar-refractivity contribution is 0.140. The average Bonchev–Trinajstić information content (AvgIpc) is 2.55.